The molecule has 0 fully saturated rings. The van der Waals surface area contributed by atoms with E-state index in [2.05, 4.69) is 0 Å². The molecule has 0 saturated carbocycles. The van der Waals surface area contributed by atoms with Crippen LogP contribution in [0.5, 0.6) is 17.2 Å². The van der Waals surface area contributed by atoms with Gasteiger partial charge in [-0.15, -0.1) is 0 Å². The summed E-state index contributed by atoms with van der Waals surface area (Å²) in [7, 11) is 2.96. The zero-order valence-electron chi connectivity index (χ0n) is 15.9. The van der Waals surface area contributed by atoms with Crippen LogP contribution in [-0.2, 0) is 0 Å². The van der Waals surface area contributed by atoms with Gasteiger partial charge in [0.15, 0.2) is 11.6 Å². The molecule has 3 rings (SSSR count). The van der Waals surface area contributed by atoms with E-state index in [9.17, 15) is 9.59 Å². The lowest BCUT2D eigenvalue weighted by atomic mass is 9.95. The third-order valence-electron chi connectivity index (χ3n) is 4.39. The SMILES string of the molecule is COc1cc2c(c(OC)c1C(=O)CC(=O)c1ccccc1)C=CC(C)(C)O2. The van der Waals surface area contributed by atoms with Crippen LogP contribution in [0.1, 0.15) is 46.5 Å². The molecule has 5 heteroatoms. The van der Waals surface area contributed by atoms with Crippen molar-refractivity contribution in [2.75, 3.05) is 14.2 Å². The molecule has 0 spiro atoms. The van der Waals surface area contributed by atoms with E-state index < -0.39 is 5.60 Å². The number of hydrogen-bond donors (Lipinski definition) is 0. The highest BCUT2D eigenvalue weighted by atomic mass is 16.5. The highest BCUT2D eigenvalue weighted by Crippen LogP contribution is 2.44. The van der Waals surface area contributed by atoms with Crippen LogP contribution in [0.15, 0.2) is 42.5 Å². The van der Waals surface area contributed by atoms with E-state index in [1.165, 1.54) is 14.2 Å². The minimum absolute atomic E-state index is 0.246. The Bertz CT molecular complexity index is 910. The quantitative estimate of drug-likeness (QED) is 0.562. The van der Waals surface area contributed by atoms with E-state index >= 15 is 0 Å². The van der Waals surface area contributed by atoms with Gasteiger partial charge >= 0.3 is 0 Å². The van der Waals surface area contributed by atoms with Crippen molar-refractivity contribution in [2.45, 2.75) is 25.9 Å². The molecule has 0 unspecified atom stereocenters. The number of fused-ring (bicyclic) bond motifs is 1. The van der Waals surface area contributed by atoms with Gasteiger partial charge in [0, 0.05) is 11.6 Å². The number of carbonyl (C=O) groups excluding carboxylic acids is 2. The first-order chi connectivity index (χ1) is 12.9. The molecule has 27 heavy (non-hydrogen) atoms. The molecule has 1 aliphatic rings. The van der Waals surface area contributed by atoms with Crippen molar-refractivity contribution >= 4 is 17.6 Å². The first-order valence-corrected chi connectivity index (χ1v) is 8.65. The van der Waals surface area contributed by atoms with Gasteiger partial charge in [0.25, 0.3) is 0 Å². The number of methoxy groups -OCH3 is 2. The Labute approximate surface area is 158 Å². The number of hydrogen-bond acceptors (Lipinski definition) is 5. The highest BCUT2D eigenvalue weighted by molar-refractivity contribution is 6.16. The highest BCUT2D eigenvalue weighted by Gasteiger charge is 2.30. The molecule has 2 aromatic rings. The molecule has 5 nitrogen and oxygen atoms in total. The molecule has 0 bridgehead atoms. The second-order valence-electron chi connectivity index (χ2n) is 6.83. The van der Waals surface area contributed by atoms with Gasteiger partial charge in [0.05, 0.1) is 26.2 Å². The fourth-order valence-corrected chi connectivity index (χ4v) is 3.07. The second-order valence-corrected chi connectivity index (χ2v) is 6.83. The standard InChI is InChI=1S/C22H22O5/c1-22(2)11-10-15-18(27-22)13-19(25-3)20(21(15)26-4)17(24)12-16(23)14-8-6-5-7-9-14/h5-11,13H,12H2,1-4H3. The molecule has 1 heterocycles. The monoisotopic (exact) mass is 366 g/mol. The van der Waals surface area contributed by atoms with Crippen LogP contribution in [0.3, 0.4) is 0 Å². The van der Waals surface area contributed by atoms with E-state index in [1.807, 2.05) is 32.1 Å². The molecule has 0 atom stereocenters. The van der Waals surface area contributed by atoms with Crippen LogP contribution < -0.4 is 14.2 Å². The number of benzene rings is 2. The molecule has 0 N–H and O–H groups in total. The van der Waals surface area contributed by atoms with E-state index in [-0.39, 0.29) is 23.6 Å². The molecule has 0 aliphatic carbocycles. The summed E-state index contributed by atoms with van der Waals surface area (Å²) in [6, 6.07) is 10.4. The maximum absolute atomic E-state index is 13.0. The van der Waals surface area contributed by atoms with Gasteiger partial charge in [-0.1, -0.05) is 30.3 Å². The van der Waals surface area contributed by atoms with E-state index in [4.69, 9.17) is 14.2 Å². The molecule has 1 aliphatic heterocycles. The van der Waals surface area contributed by atoms with Crippen LogP contribution in [0.4, 0.5) is 0 Å². The average Bonchev–Trinajstić information content (AvgIpc) is 2.65. The molecule has 2 aromatic carbocycles. The van der Waals surface area contributed by atoms with Crippen molar-refractivity contribution in [3.8, 4) is 17.2 Å². The van der Waals surface area contributed by atoms with E-state index in [1.54, 1.807) is 30.3 Å². The number of ketones is 2. The van der Waals surface area contributed by atoms with E-state index in [0.29, 0.717) is 28.4 Å². The summed E-state index contributed by atoms with van der Waals surface area (Å²) >= 11 is 0. The summed E-state index contributed by atoms with van der Waals surface area (Å²) in [5.41, 5.74) is 0.925. The van der Waals surface area contributed by atoms with Gasteiger partial charge in [-0.3, -0.25) is 9.59 Å². The number of ether oxygens (including phenoxy) is 3. The predicted molar refractivity (Wildman–Crippen MR) is 103 cm³/mol. The summed E-state index contributed by atoms with van der Waals surface area (Å²) in [4.78, 5) is 25.4. The molecule has 0 aromatic heterocycles. The Morgan fingerprint density at radius 2 is 1.74 bits per heavy atom. The first-order valence-electron chi connectivity index (χ1n) is 8.65. The van der Waals surface area contributed by atoms with Gasteiger partial charge in [-0.2, -0.15) is 0 Å². The summed E-state index contributed by atoms with van der Waals surface area (Å²) in [5, 5.41) is 0. The summed E-state index contributed by atoms with van der Waals surface area (Å²) in [5.74, 6) is 0.626. The first kappa shape index (κ1) is 18.7. The second kappa shape index (κ2) is 7.27. The Kier molecular flexibility index (Phi) is 5.04. The zero-order chi connectivity index (χ0) is 19.6. The van der Waals surface area contributed by atoms with Crippen LogP contribution in [0.25, 0.3) is 6.08 Å². The lowest BCUT2D eigenvalue weighted by molar-refractivity contribution is 0.0891. The Hall–Kier alpha value is -3.08. The number of rotatable bonds is 6. The topological polar surface area (TPSA) is 61.8 Å². The number of carbonyl (C=O) groups is 2. The molecule has 0 radical (unpaired) electrons. The maximum atomic E-state index is 13.0. The molecular formula is C22H22O5. The normalized spacial score (nSPS) is 14.1. The Balaban J connectivity index is 2.02. The molecule has 0 amide bonds. The van der Waals surface area contributed by atoms with Gasteiger partial charge < -0.3 is 14.2 Å². The number of Topliss-reactive ketones (excluding diaryl/α,β-unsaturated/α-hetero) is 2. The lowest BCUT2D eigenvalue weighted by Crippen LogP contribution is -2.28. The third kappa shape index (κ3) is 3.72. The smallest absolute Gasteiger partial charge is 0.178 e. The van der Waals surface area contributed by atoms with Gasteiger partial charge in [0.2, 0.25) is 0 Å². The van der Waals surface area contributed by atoms with Crippen LogP contribution >= 0.6 is 0 Å². The van der Waals surface area contributed by atoms with Crippen LogP contribution in [0.2, 0.25) is 0 Å². The van der Waals surface area contributed by atoms with Crippen molar-refractivity contribution in [2.24, 2.45) is 0 Å². The van der Waals surface area contributed by atoms with Gasteiger partial charge in [-0.25, -0.2) is 0 Å². The molecule has 0 saturated heterocycles. The third-order valence-corrected chi connectivity index (χ3v) is 4.39. The van der Waals surface area contributed by atoms with Crippen molar-refractivity contribution in [3.05, 3.63) is 59.2 Å². The van der Waals surface area contributed by atoms with Gasteiger partial charge in [0.1, 0.15) is 28.4 Å². The lowest BCUT2D eigenvalue weighted by Gasteiger charge is -2.29. The van der Waals surface area contributed by atoms with Crippen LogP contribution in [0, 0.1) is 0 Å². The van der Waals surface area contributed by atoms with Crippen molar-refractivity contribution < 1.29 is 23.8 Å². The fraction of sp³-hybridized carbons (Fsp3) is 0.273. The summed E-state index contributed by atoms with van der Waals surface area (Å²) in [6.45, 7) is 3.87. The summed E-state index contributed by atoms with van der Waals surface area (Å²) in [6.07, 6.45) is 3.49. The average molecular weight is 366 g/mol. The van der Waals surface area contributed by atoms with Crippen LogP contribution in [-0.4, -0.2) is 31.4 Å². The minimum atomic E-state index is -0.474. The fourth-order valence-electron chi connectivity index (χ4n) is 3.07. The molecular weight excluding hydrogens is 344 g/mol. The van der Waals surface area contributed by atoms with Gasteiger partial charge in [-0.05, 0) is 26.0 Å². The van der Waals surface area contributed by atoms with Crippen molar-refractivity contribution in [1.82, 2.24) is 0 Å². The largest absolute Gasteiger partial charge is 0.496 e. The Morgan fingerprint density at radius 1 is 1.04 bits per heavy atom. The Morgan fingerprint density at radius 3 is 2.37 bits per heavy atom. The predicted octanol–water partition coefficient (Wildman–Crippen LogP) is 4.34. The van der Waals surface area contributed by atoms with Crippen molar-refractivity contribution in [3.63, 3.8) is 0 Å². The molecule has 140 valence electrons. The maximum Gasteiger partial charge on any atom is 0.178 e. The van der Waals surface area contributed by atoms with E-state index in [0.717, 1.165) is 0 Å². The van der Waals surface area contributed by atoms with Crippen molar-refractivity contribution in [1.29, 1.82) is 0 Å². The zero-order valence-corrected chi connectivity index (χ0v) is 15.9. The summed E-state index contributed by atoms with van der Waals surface area (Å²) < 4.78 is 16.9. The minimum Gasteiger partial charge on any atom is -0.496 e.